The van der Waals surface area contributed by atoms with E-state index < -0.39 is 16.2 Å². The maximum absolute atomic E-state index is 11.1. The van der Waals surface area contributed by atoms with Crippen molar-refractivity contribution in [2.75, 3.05) is 0 Å². The summed E-state index contributed by atoms with van der Waals surface area (Å²) in [6.07, 6.45) is 0. The summed E-state index contributed by atoms with van der Waals surface area (Å²) >= 11 is 5.66. The lowest BCUT2D eigenvalue weighted by Gasteiger charge is -1.97. The molecule has 102 valence electrons. The van der Waals surface area contributed by atoms with E-state index in [1.54, 1.807) is 0 Å². The van der Waals surface area contributed by atoms with Crippen molar-refractivity contribution in [3.05, 3.63) is 55.8 Å². The Hall–Kier alpha value is -2.74. The summed E-state index contributed by atoms with van der Waals surface area (Å²) in [4.78, 5) is 23.6. The Balaban J connectivity index is 2.38. The maximum Gasteiger partial charge on any atom is 0.298 e. The van der Waals surface area contributed by atoms with Crippen LogP contribution < -0.4 is 5.56 Å². The third kappa shape index (κ3) is 2.98. The minimum Gasteiger partial charge on any atom is -0.503 e. The van der Waals surface area contributed by atoms with Crippen LogP contribution in [-0.2, 0) is 0 Å². The molecule has 0 amide bonds. The number of aromatic hydroxyl groups is 1. The summed E-state index contributed by atoms with van der Waals surface area (Å²) in [7, 11) is 0. The molecule has 0 aliphatic carbocycles. The highest BCUT2D eigenvalue weighted by Crippen LogP contribution is 2.31. The van der Waals surface area contributed by atoms with Crippen LogP contribution in [0.1, 0.15) is 0 Å². The molecule has 0 radical (unpaired) electrons. The molecular formula is C11H7ClN4O4. The van der Waals surface area contributed by atoms with E-state index in [0.717, 1.165) is 12.1 Å². The minimum atomic E-state index is -0.730. The van der Waals surface area contributed by atoms with Crippen LogP contribution in [0.5, 0.6) is 5.75 Å². The zero-order chi connectivity index (χ0) is 14.7. The molecule has 0 saturated heterocycles. The van der Waals surface area contributed by atoms with Gasteiger partial charge in [0.1, 0.15) is 0 Å². The van der Waals surface area contributed by atoms with Gasteiger partial charge in [-0.2, -0.15) is 0 Å². The summed E-state index contributed by atoms with van der Waals surface area (Å²) < 4.78 is 0. The molecule has 1 aromatic heterocycles. The van der Waals surface area contributed by atoms with Gasteiger partial charge < -0.3 is 10.1 Å². The molecule has 0 aliphatic rings. The lowest BCUT2D eigenvalue weighted by atomic mass is 10.3. The van der Waals surface area contributed by atoms with Gasteiger partial charge in [0.25, 0.3) is 11.2 Å². The second-order valence-corrected chi connectivity index (χ2v) is 4.08. The summed E-state index contributed by atoms with van der Waals surface area (Å²) in [5, 5.41) is 27.4. The van der Waals surface area contributed by atoms with Crippen molar-refractivity contribution in [2.45, 2.75) is 0 Å². The summed E-state index contributed by atoms with van der Waals surface area (Å²) in [6.45, 7) is 0. The largest absolute Gasteiger partial charge is 0.503 e. The van der Waals surface area contributed by atoms with Crippen LogP contribution >= 0.6 is 11.6 Å². The van der Waals surface area contributed by atoms with E-state index >= 15 is 0 Å². The first-order valence-corrected chi connectivity index (χ1v) is 5.63. The van der Waals surface area contributed by atoms with Crippen molar-refractivity contribution in [2.24, 2.45) is 10.2 Å². The van der Waals surface area contributed by atoms with Crippen LogP contribution in [-0.4, -0.2) is 15.0 Å². The van der Waals surface area contributed by atoms with Crippen molar-refractivity contribution in [1.82, 2.24) is 4.98 Å². The van der Waals surface area contributed by atoms with Crippen LogP contribution in [0.15, 0.2) is 45.4 Å². The molecule has 0 saturated carbocycles. The van der Waals surface area contributed by atoms with Crippen molar-refractivity contribution < 1.29 is 10.0 Å². The molecule has 2 N–H and O–H groups in total. The van der Waals surface area contributed by atoms with Gasteiger partial charge in [0.2, 0.25) is 0 Å². The average molecular weight is 295 g/mol. The molecular weight excluding hydrogens is 288 g/mol. The highest BCUT2D eigenvalue weighted by Gasteiger charge is 2.13. The van der Waals surface area contributed by atoms with E-state index in [9.17, 15) is 14.9 Å². The lowest BCUT2D eigenvalue weighted by molar-refractivity contribution is -0.384. The Labute approximate surface area is 116 Å². The quantitative estimate of drug-likeness (QED) is 0.513. The van der Waals surface area contributed by atoms with Crippen LogP contribution in [0.3, 0.4) is 0 Å². The number of benzene rings is 1. The lowest BCUT2D eigenvalue weighted by Crippen LogP contribution is -2.02. The van der Waals surface area contributed by atoms with Crippen molar-refractivity contribution in [3.63, 3.8) is 0 Å². The van der Waals surface area contributed by atoms with Gasteiger partial charge in [0, 0.05) is 11.1 Å². The number of rotatable bonds is 3. The van der Waals surface area contributed by atoms with E-state index in [0.29, 0.717) is 0 Å². The minimum absolute atomic E-state index is 0.00618. The predicted molar refractivity (Wildman–Crippen MR) is 71.0 cm³/mol. The molecule has 1 aromatic carbocycles. The molecule has 0 bridgehead atoms. The van der Waals surface area contributed by atoms with Crippen molar-refractivity contribution >= 4 is 28.8 Å². The van der Waals surface area contributed by atoms with Crippen LogP contribution in [0.4, 0.5) is 17.2 Å². The maximum atomic E-state index is 11.1. The third-order valence-corrected chi connectivity index (χ3v) is 2.51. The van der Waals surface area contributed by atoms with Crippen LogP contribution in [0, 0.1) is 10.1 Å². The summed E-state index contributed by atoms with van der Waals surface area (Å²) in [6, 6.07) is 6.37. The molecule has 2 rings (SSSR count). The molecule has 20 heavy (non-hydrogen) atoms. The Morgan fingerprint density at radius 2 is 2.00 bits per heavy atom. The fourth-order valence-electron chi connectivity index (χ4n) is 1.35. The van der Waals surface area contributed by atoms with Gasteiger partial charge in [0.05, 0.1) is 4.92 Å². The summed E-state index contributed by atoms with van der Waals surface area (Å²) in [5.41, 5.74) is -1.04. The molecule has 0 aliphatic heterocycles. The Bertz CT molecular complexity index is 756. The first kappa shape index (κ1) is 13.7. The second-order valence-electron chi connectivity index (χ2n) is 3.65. The molecule has 2 aromatic rings. The highest BCUT2D eigenvalue weighted by atomic mass is 35.5. The van der Waals surface area contributed by atoms with Crippen LogP contribution in [0.25, 0.3) is 0 Å². The molecule has 8 nitrogen and oxygen atoms in total. The van der Waals surface area contributed by atoms with Gasteiger partial charge in [-0.15, -0.1) is 10.2 Å². The normalized spacial score (nSPS) is 10.8. The van der Waals surface area contributed by atoms with E-state index in [2.05, 4.69) is 15.2 Å². The smallest absolute Gasteiger partial charge is 0.298 e. The number of hydrogen-bond donors (Lipinski definition) is 2. The van der Waals surface area contributed by atoms with E-state index in [1.807, 2.05) is 0 Å². The number of azo groups is 1. The molecule has 9 heteroatoms. The SMILES string of the molecule is O=c1[nH]c(N=Nc2ccc(Cl)cc2[N+](=O)[O-])ccc1O. The van der Waals surface area contributed by atoms with Gasteiger partial charge >= 0.3 is 0 Å². The number of pyridine rings is 1. The zero-order valence-corrected chi connectivity index (χ0v) is 10.5. The molecule has 0 spiro atoms. The third-order valence-electron chi connectivity index (χ3n) is 2.27. The number of halogens is 1. The molecule has 0 fully saturated rings. The number of nitrogens with zero attached hydrogens (tertiary/aromatic N) is 3. The highest BCUT2D eigenvalue weighted by molar-refractivity contribution is 6.30. The fraction of sp³-hybridized carbons (Fsp3) is 0. The van der Waals surface area contributed by atoms with Crippen molar-refractivity contribution in [1.29, 1.82) is 0 Å². The topological polar surface area (TPSA) is 121 Å². The monoisotopic (exact) mass is 294 g/mol. The standard InChI is InChI=1S/C11H7ClN4O4/c12-6-1-2-7(8(5-6)16(19)20)14-15-10-4-3-9(17)11(18)13-10/h1-5,17H,(H,13,18). The van der Waals surface area contributed by atoms with Gasteiger partial charge in [-0.1, -0.05) is 11.6 Å². The first-order valence-electron chi connectivity index (χ1n) is 5.25. The summed E-state index contributed by atoms with van der Waals surface area (Å²) in [5.74, 6) is -0.404. The molecule has 1 heterocycles. The Morgan fingerprint density at radius 3 is 2.65 bits per heavy atom. The van der Waals surface area contributed by atoms with E-state index in [-0.39, 0.29) is 22.2 Å². The zero-order valence-electron chi connectivity index (χ0n) is 9.78. The Kier molecular flexibility index (Phi) is 3.76. The predicted octanol–water partition coefficient (Wildman–Crippen LogP) is 3.06. The van der Waals surface area contributed by atoms with E-state index in [4.69, 9.17) is 16.7 Å². The Morgan fingerprint density at radius 1 is 1.25 bits per heavy atom. The van der Waals surface area contributed by atoms with Crippen LogP contribution in [0.2, 0.25) is 5.02 Å². The first-order chi connectivity index (χ1) is 9.47. The number of nitro groups is 1. The van der Waals surface area contributed by atoms with Crippen molar-refractivity contribution in [3.8, 4) is 5.75 Å². The van der Waals surface area contributed by atoms with Gasteiger partial charge in [-0.3, -0.25) is 14.9 Å². The van der Waals surface area contributed by atoms with Gasteiger partial charge in [-0.25, -0.2) is 0 Å². The van der Waals surface area contributed by atoms with E-state index in [1.165, 1.54) is 18.2 Å². The number of nitro benzene ring substituents is 1. The molecule has 0 unspecified atom stereocenters. The fourth-order valence-corrected chi connectivity index (χ4v) is 1.52. The number of nitrogens with one attached hydrogen (secondary N) is 1. The number of aromatic nitrogens is 1. The number of aromatic amines is 1. The molecule has 0 atom stereocenters. The van der Waals surface area contributed by atoms with Gasteiger partial charge in [0.15, 0.2) is 17.3 Å². The average Bonchev–Trinajstić information content (AvgIpc) is 2.41. The number of H-pyrrole nitrogens is 1. The number of hydrogen-bond acceptors (Lipinski definition) is 6. The second kappa shape index (κ2) is 5.49. The van der Waals surface area contributed by atoms with Gasteiger partial charge in [-0.05, 0) is 24.3 Å².